The molecule has 4 heteroatoms. The smallest absolute Gasteiger partial charge is 0.188 e. The molecule has 0 aliphatic heterocycles. The Morgan fingerprint density at radius 3 is 2.36 bits per heavy atom. The fraction of sp³-hybridized carbons (Fsp3) is 0.400. The maximum absolute atomic E-state index is 12.4. The summed E-state index contributed by atoms with van der Waals surface area (Å²) in [7, 11) is 0. The summed E-state index contributed by atoms with van der Waals surface area (Å²) in [4.78, 5) is 3.71. The molecule has 0 N–H and O–H groups in total. The van der Waals surface area contributed by atoms with Crippen molar-refractivity contribution in [3.05, 3.63) is 23.8 Å². The molecule has 14 heavy (non-hydrogen) atoms. The first-order valence-electron chi connectivity index (χ1n) is 4.20. The molecule has 0 aliphatic rings. The SMILES string of the molecule is CC(C)(C)c1ccc(OF)c(SF)c1. The quantitative estimate of drug-likeness (QED) is 0.734. The lowest BCUT2D eigenvalue weighted by Crippen LogP contribution is -2.10. The maximum Gasteiger partial charge on any atom is 0.188 e. The van der Waals surface area contributed by atoms with Gasteiger partial charge >= 0.3 is 0 Å². The number of halogens is 2. The van der Waals surface area contributed by atoms with Crippen LogP contribution in [0.1, 0.15) is 26.3 Å². The van der Waals surface area contributed by atoms with Gasteiger partial charge in [0.25, 0.3) is 0 Å². The highest BCUT2D eigenvalue weighted by molar-refractivity contribution is 7.94. The average Bonchev–Trinajstić information content (AvgIpc) is 2.15. The Hall–Kier alpha value is -0.770. The molecule has 1 nitrogen and oxygen atoms in total. The van der Waals surface area contributed by atoms with Gasteiger partial charge in [-0.25, -0.2) is 0 Å². The summed E-state index contributed by atoms with van der Waals surface area (Å²) >= 11 is -0.0147. The Morgan fingerprint density at radius 2 is 1.93 bits per heavy atom. The van der Waals surface area contributed by atoms with Crippen LogP contribution in [-0.4, -0.2) is 0 Å². The molecule has 0 aromatic heterocycles. The van der Waals surface area contributed by atoms with E-state index in [9.17, 15) is 8.41 Å². The Kier molecular flexibility index (Phi) is 3.37. The third-order valence-electron chi connectivity index (χ3n) is 1.98. The Morgan fingerprint density at radius 1 is 1.29 bits per heavy atom. The van der Waals surface area contributed by atoms with Gasteiger partial charge in [0, 0.05) is 4.53 Å². The van der Waals surface area contributed by atoms with E-state index in [-0.39, 0.29) is 28.2 Å². The lowest BCUT2D eigenvalue weighted by atomic mass is 9.87. The van der Waals surface area contributed by atoms with Crippen molar-refractivity contribution in [2.24, 2.45) is 0 Å². The molecule has 1 aromatic rings. The first-order chi connectivity index (χ1) is 6.49. The second kappa shape index (κ2) is 4.17. The van der Waals surface area contributed by atoms with E-state index >= 15 is 0 Å². The minimum Gasteiger partial charge on any atom is -0.293 e. The van der Waals surface area contributed by atoms with Crippen molar-refractivity contribution in [3.8, 4) is 5.75 Å². The first-order valence-corrected chi connectivity index (χ1v) is 4.92. The molecular formula is C10H12F2OS. The zero-order valence-corrected chi connectivity index (χ0v) is 9.12. The molecule has 1 rings (SSSR count). The van der Waals surface area contributed by atoms with Crippen LogP contribution in [0.5, 0.6) is 5.75 Å². The molecule has 78 valence electrons. The summed E-state index contributed by atoms with van der Waals surface area (Å²) in [6.45, 7) is 6.01. The van der Waals surface area contributed by atoms with Gasteiger partial charge in [0.05, 0.1) is 17.0 Å². The van der Waals surface area contributed by atoms with E-state index in [2.05, 4.69) is 4.94 Å². The second-order valence-corrected chi connectivity index (χ2v) is 4.66. The third-order valence-corrected chi connectivity index (χ3v) is 2.46. The monoisotopic (exact) mass is 218 g/mol. The largest absolute Gasteiger partial charge is 0.293 e. The third kappa shape index (κ3) is 2.38. The van der Waals surface area contributed by atoms with E-state index in [0.717, 1.165) is 5.56 Å². The van der Waals surface area contributed by atoms with E-state index < -0.39 is 0 Å². The van der Waals surface area contributed by atoms with Gasteiger partial charge in [0.1, 0.15) is 0 Å². The van der Waals surface area contributed by atoms with Crippen LogP contribution in [0, 0.1) is 0 Å². The highest BCUT2D eigenvalue weighted by Gasteiger charge is 2.16. The van der Waals surface area contributed by atoms with Crippen molar-refractivity contribution in [1.82, 2.24) is 0 Å². The topological polar surface area (TPSA) is 9.23 Å². The van der Waals surface area contributed by atoms with Crippen LogP contribution in [0.15, 0.2) is 23.1 Å². The predicted octanol–water partition coefficient (Wildman–Crippen LogP) is 4.22. The van der Waals surface area contributed by atoms with Crippen molar-refractivity contribution < 1.29 is 13.4 Å². The molecule has 0 bridgehead atoms. The van der Waals surface area contributed by atoms with Crippen molar-refractivity contribution in [2.75, 3.05) is 0 Å². The zero-order valence-electron chi connectivity index (χ0n) is 8.30. The first kappa shape index (κ1) is 11.3. The fourth-order valence-electron chi connectivity index (χ4n) is 1.10. The molecule has 0 spiro atoms. The fourth-order valence-corrected chi connectivity index (χ4v) is 1.45. The van der Waals surface area contributed by atoms with Crippen LogP contribution in [0.3, 0.4) is 0 Å². The molecular weight excluding hydrogens is 206 g/mol. The molecule has 0 radical (unpaired) electrons. The Labute approximate surface area is 86.7 Å². The lowest BCUT2D eigenvalue weighted by molar-refractivity contribution is -0.00970. The highest BCUT2D eigenvalue weighted by Crippen LogP contribution is 2.34. The number of hydrogen-bond donors (Lipinski definition) is 0. The Bertz CT molecular complexity index is 320. The second-order valence-electron chi connectivity index (χ2n) is 4.07. The van der Waals surface area contributed by atoms with Gasteiger partial charge in [-0.05, 0) is 23.1 Å². The van der Waals surface area contributed by atoms with E-state index in [1.807, 2.05) is 20.8 Å². The van der Waals surface area contributed by atoms with Gasteiger partial charge in [0.2, 0.25) is 0 Å². The maximum atomic E-state index is 12.4. The molecule has 0 saturated carbocycles. The van der Waals surface area contributed by atoms with Crippen LogP contribution in [0.4, 0.5) is 8.41 Å². The van der Waals surface area contributed by atoms with E-state index in [1.165, 1.54) is 6.07 Å². The number of benzene rings is 1. The summed E-state index contributed by atoms with van der Waals surface area (Å²) in [6, 6.07) is 4.76. The zero-order chi connectivity index (χ0) is 10.8. The number of hydrogen-bond acceptors (Lipinski definition) is 2. The highest BCUT2D eigenvalue weighted by atomic mass is 32.2. The van der Waals surface area contributed by atoms with Crippen LogP contribution in [-0.2, 0) is 5.41 Å². The van der Waals surface area contributed by atoms with Gasteiger partial charge < -0.3 is 0 Å². The lowest BCUT2D eigenvalue weighted by Gasteiger charge is -2.19. The van der Waals surface area contributed by atoms with Crippen molar-refractivity contribution in [1.29, 1.82) is 0 Å². The minimum absolute atomic E-state index is 0.0147. The summed E-state index contributed by atoms with van der Waals surface area (Å²) < 4.78 is 24.3. The minimum atomic E-state index is -0.0840. The van der Waals surface area contributed by atoms with Crippen LogP contribution < -0.4 is 4.94 Å². The summed E-state index contributed by atoms with van der Waals surface area (Å²) in [5.74, 6) is -0.0782. The van der Waals surface area contributed by atoms with Crippen molar-refractivity contribution in [3.63, 3.8) is 0 Å². The number of rotatable bonds is 2. The van der Waals surface area contributed by atoms with Gasteiger partial charge in [-0.15, -0.1) is 0 Å². The average molecular weight is 218 g/mol. The van der Waals surface area contributed by atoms with E-state index in [1.54, 1.807) is 12.1 Å². The summed E-state index contributed by atoms with van der Waals surface area (Å²) in [5, 5.41) is 0. The van der Waals surface area contributed by atoms with Gasteiger partial charge in [-0.3, -0.25) is 4.94 Å². The molecule has 0 heterocycles. The predicted molar refractivity (Wildman–Crippen MR) is 53.8 cm³/mol. The van der Waals surface area contributed by atoms with Crippen LogP contribution >= 0.6 is 12.1 Å². The Balaban J connectivity index is 3.14. The van der Waals surface area contributed by atoms with E-state index in [4.69, 9.17) is 0 Å². The standard InChI is InChI=1S/C10H12F2OS/c1-10(2,3)7-4-5-8(13-11)9(6-7)14-12/h4-6H,1-3H3. The summed E-state index contributed by atoms with van der Waals surface area (Å²) in [5.41, 5.74) is 0.859. The molecule has 0 saturated heterocycles. The molecule has 0 fully saturated rings. The molecule has 0 atom stereocenters. The van der Waals surface area contributed by atoms with Crippen molar-refractivity contribution in [2.45, 2.75) is 31.1 Å². The van der Waals surface area contributed by atoms with Crippen molar-refractivity contribution >= 4 is 12.1 Å². The molecule has 0 unspecified atom stereocenters. The molecule has 0 amide bonds. The van der Waals surface area contributed by atoms with Crippen LogP contribution in [0.25, 0.3) is 0 Å². The summed E-state index contributed by atoms with van der Waals surface area (Å²) in [6.07, 6.45) is 0. The van der Waals surface area contributed by atoms with Crippen LogP contribution in [0.2, 0.25) is 0 Å². The normalized spacial score (nSPS) is 11.5. The van der Waals surface area contributed by atoms with E-state index in [0.29, 0.717) is 0 Å². The van der Waals surface area contributed by atoms with Gasteiger partial charge in [-0.1, -0.05) is 26.8 Å². The van der Waals surface area contributed by atoms with Gasteiger partial charge in [-0.2, -0.15) is 3.89 Å². The molecule has 0 aliphatic carbocycles. The van der Waals surface area contributed by atoms with Gasteiger partial charge in [0.15, 0.2) is 5.75 Å². The molecule has 1 aromatic carbocycles.